The fourth-order valence-corrected chi connectivity index (χ4v) is 2.21. The molecule has 0 aliphatic heterocycles. The van der Waals surface area contributed by atoms with Crippen LogP contribution in [0.15, 0.2) is 12.2 Å². The maximum atomic E-state index is 11.4. The second-order valence-corrected chi connectivity index (χ2v) is 4.14. The van der Waals surface area contributed by atoms with Crippen LogP contribution < -0.4 is 0 Å². The first-order valence-corrected chi connectivity index (χ1v) is 4.62. The topological polar surface area (TPSA) is 74.6 Å². The zero-order valence-electron chi connectivity index (χ0n) is 7.80. The van der Waals surface area contributed by atoms with E-state index in [0.29, 0.717) is 0 Å². The number of carbonyl (C=O) groups is 2. The van der Waals surface area contributed by atoms with E-state index in [9.17, 15) is 19.8 Å². The minimum absolute atomic E-state index is 0.193. The summed E-state index contributed by atoms with van der Waals surface area (Å²) in [7, 11) is 0. The molecular formula is C10H12O4. The van der Waals surface area contributed by atoms with Crippen LogP contribution in [0.2, 0.25) is 0 Å². The maximum Gasteiger partial charge on any atom is 0.204 e. The molecule has 2 aliphatic rings. The van der Waals surface area contributed by atoms with Gasteiger partial charge in [0, 0.05) is 6.42 Å². The van der Waals surface area contributed by atoms with E-state index in [-0.39, 0.29) is 12.3 Å². The molecule has 76 valence electrons. The van der Waals surface area contributed by atoms with Crippen LogP contribution >= 0.6 is 0 Å². The van der Waals surface area contributed by atoms with Crippen molar-refractivity contribution in [3.05, 3.63) is 12.2 Å². The fraction of sp³-hybridized carbons (Fsp3) is 0.600. The molecule has 1 saturated carbocycles. The van der Waals surface area contributed by atoms with Gasteiger partial charge in [0.25, 0.3) is 0 Å². The average molecular weight is 196 g/mol. The van der Waals surface area contributed by atoms with Crippen LogP contribution in [0.5, 0.6) is 0 Å². The van der Waals surface area contributed by atoms with Crippen molar-refractivity contribution in [3.8, 4) is 0 Å². The Kier molecular flexibility index (Phi) is 1.87. The summed E-state index contributed by atoms with van der Waals surface area (Å²) in [6, 6.07) is 0. The van der Waals surface area contributed by atoms with Crippen LogP contribution in [0.3, 0.4) is 0 Å². The molecule has 4 atom stereocenters. The molecule has 0 aromatic rings. The van der Waals surface area contributed by atoms with Crippen molar-refractivity contribution >= 4 is 11.6 Å². The number of allylic oxidation sites excluding steroid dienone is 1. The van der Waals surface area contributed by atoms with Gasteiger partial charge in [-0.15, -0.1) is 0 Å². The molecule has 0 spiro atoms. The third-order valence-electron chi connectivity index (χ3n) is 3.13. The second-order valence-electron chi connectivity index (χ2n) is 4.14. The van der Waals surface area contributed by atoms with Gasteiger partial charge in [0.05, 0.1) is 12.0 Å². The first-order chi connectivity index (χ1) is 6.46. The molecular weight excluding hydrogens is 184 g/mol. The smallest absolute Gasteiger partial charge is 0.204 e. The molecule has 0 aromatic heterocycles. The van der Waals surface area contributed by atoms with E-state index < -0.39 is 29.2 Å². The van der Waals surface area contributed by atoms with Crippen LogP contribution in [0.25, 0.3) is 0 Å². The zero-order valence-corrected chi connectivity index (χ0v) is 7.80. The van der Waals surface area contributed by atoms with Gasteiger partial charge in [0.1, 0.15) is 5.60 Å². The number of Topliss-reactive ketones (excluding diaryl/α,β-unsaturated/α-hetero) is 2. The number of hydrogen-bond donors (Lipinski definition) is 2. The number of carbonyl (C=O) groups excluding carboxylic acids is 2. The number of hydrogen-bond acceptors (Lipinski definition) is 4. The van der Waals surface area contributed by atoms with Crippen molar-refractivity contribution in [3.63, 3.8) is 0 Å². The molecule has 4 unspecified atom stereocenters. The van der Waals surface area contributed by atoms with Crippen LogP contribution in [-0.2, 0) is 9.59 Å². The molecule has 2 N–H and O–H groups in total. The van der Waals surface area contributed by atoms with Gasteiger partial charge in [-0.3, -0.25) is 9.59 Å². The summed E-state index contributed by atoms with van der Waals surface area (Å²) < 4.78 is 0. The van der Waals surface area contributed by atoms with Gasteiger partial charge in [-0.05, 0) is 5.92 Å². The molecule has 2 rings (SSSR count). The third kappa shape index (κ3) is 1.07. The Morgan fingerprint density at radius 3 is 2.79 bits per heavy atom. The van der Waals surface area contributed by atoms with E-state index in [1.165, 1.54) is 6.08 Å². The first kappa shape index (κ1) is 9.55. The number of ketones is 2. The zero-order chi connectivity index (χ0) is 10.5. The van der Waals surface area contributed by atoms with Crippen molar-refractivity contribution in [1.82, 2.24) is 0 Å². The lowest BCUT2D eigenvalue weighted by Gasteiger charge is -2.43. The summed E-state index contributed by atoms with van der Waals surface area (Å²) in [6.45, 7) is 1.75. The Morgan fingerprint density at radius 2 is 2.14 bits per heavy atom. The lowest BCUT2D eigenvalue weighted by Crippen LogP contribution is -2.59. The van der Waals surface area contributed by atoms with Gasteiger partial charge < -0.3 is 10.2 Å². The van der Waals surface area contributed by atoms with E-state index in [1.54, 1.807) is 13.0 Å². The lowest BCUT2D eigenvalue weighted by molar-refractivity contribution is -0.162. The SMILES string of the molecule is CC1C=CC2(O)CC(=O)C(=O)C1C2O. The molecule has 4 nitrogen and oxygen atoms in total. The summed E-state index contributed by atoms with van der Waals surface area (Å²) in [5.74, 6) is -2.11. The summed E-state index contributed by atoms with van der Waals surface area (Å²) >= 11 is 0. The summed E-state index contributed by atoms with van der Waals surface area (Å²) in [5, 5.41) is 19.6. The molecule has 2 aliphatic carbocycles. The van der Waals surface area contributed by atoms with Crippen LogP contribution in [0.4, 0.5) is 0 Å². The highest BCUT2D eigenvalue weighted by Gasteiger charge is 2.53. The van der Waals surface area contributed by atoms with Crippen molar-refractivity contribution in [2.75, 3.05) is 0 Å². The van der Waals surface area contributed by atoms with E-state index in [1.807, 2.05) is 0 Å². The molecule has 0 radical (unpaired) electrons. The lowest BCUT2D eigenvalue weighted by atomic mass is 9.65. The Balaban J connectivity index is 2.48. The number of fused-ring (bicyclic) bond motifs is 2. The molecule has 1 fully saturated rings. The third-order valence-corrected chi connectivity index (χ3v) is 3.13. The van der Waals surface area contributed by atoms with Gasteiger partial charge in [-0.25, -0.2) is 0 Å². The Hall–Kier alpha value is -1.00. The number of aliphatic hydroxyl groups is 2. The highest BCUT2D eigenvalue weighted by atomic mass is 16.3. The molecule has 4 heteroatoms. The standard InChI is InChI=1S/C10H12O4/c1-5-2-3-10(14)4-6(11)8(12)7(5)9(10)13/h2-3,5,7,9,13-14H,4H2,1H3. The van der Waals surface area contributed by atoms with Crippen LogP contribution in [0.1, 0.15) is 13.3 Å². The van der Waals surface area contributed by atoms with Crippen LogP contribution in [-0.4, -0.2) is 33.5 Å². The van der Waals surface area contributed by atoms with E-state index in [0.717, 1.165) is 0 Å². The van der Waals surface area contributed by atoms with Crippen molar-refractivity contribution in [2.24, 2.45) is 11.8 Å². The second kappa shape index (κ2) is 2.74. The Morgan fingerprint density at radius 1 is 1.50 bits per heavy atom. The molecule has 0 saturated heterocycles. The highest BCUT2D eigenvalue weighted by Crippen LogP contribution is 2.38. The highest BCUT2D eigenvalue weighted by molar-refractivity contribution is 6.39. The summed E-state index contributed by atoms with van der Waals surface area (Å²) in [5.41, 5.74) is -1.53. The van der Waals surface area contributed by atoms with Gasteiger partial charge in [-0.1, -0.05) is 19.1 Å². The van der Waals surface area contributed by atoms with E-state index in [4.69, 9.17) is 0 Å². The monoisotopic (exact) mass is 196 g/mol. The first-order valence-electron chi connectivity index (χ1n) is 4.62. The Bertz CT molecular complexity index is 333. The largest absolute Gasteiger partial charge is 0.389 e. The molecule has 0 aromatic carbocycles. The minimum atomic E-state index is -1.53. The quantitative estimate of drug-likeness (QED) is 0.402. The van der Waals surface area contributed by atoms with Crippen molar-refractivity contribution < 1.29 is 19.8 Å². The number of aliphatic hydroxyl groups excluding tert-OH is 1. The molecule has 14 heavy (non-hydrogen) atoms. The predicted octanol–water partition coefficient (Wildman–Crippen LogP) is -0.558. The number of rotatable bonds is 0. The van der Waals surface area contributed by atoms with Crippen LogP contribution in [0, 0.1) is 11.8 Å². The van der Waals surface area contributed by atoms with Gasteiger partial charge in [-0.2, -0.15) is 0 Å². The molecule has 2 bridgehead atoms. The molecule has 0 amide bonds. The normalized spacial score (nSPS) is 46.9. The van der Waals surface area contributed by atoms with Crippen molar-refractivity contribution in [1.29, 1.82) is 0 Å². The minimum Gasteiger partial charge on any atom is -0.389 e. The van der Waals surface area contributed by atoms with Gasteiger partial charge >= 0.3 is 0 Å². The summed E-state index contributed by atoms with van der Waals surface area (Å²) in [6.07, 6.45) is 1.67. The van der Waals surface area contributed by atoms with Gasteiger partial charge in [0.2, 0.25) is 11.6 Å². The predicted molar refractivity (Wildman–Crippen MR) is 47.4 cm³/mol. The Labute approximate surface area is 81.2 Å². The maximum absolute atomic E-state index is 11.4. The van der Waals surface area contributed by atoms with E-state index in [2.05, 4.69) is 0 Å². The van der Waals surface area contributed by atoms with E-state index >= 15 is 0 Å². The van der Waals surface area contributed by atoms with Crippen molar-refractivity contribution in [2.45, 2.75) is 25.0 Å². The fourth-order valence-electron chi connectivity index (χ4n) is 2.21. The average Bonchev–Trinajstić information content (AvgIpc) is 2.11. The summed E-state index contributed by atoms with van der Waals surface area (Å²) in [4.78, 5) is 22.7. The van der Waals surface area contributed by atoms with Gasteiger partial charge in [0.15, 0.2) is 0 Å². The molecule has 0 heterocycles.